The minimum Gasteiger partial charge on any atom is -0.392 e. The van der Waals surface area contributed by atoms with Gasteiger partial charge in [0.15, 0.2) is 0 Å². The highest BCUT2D eigenvalue weighted by molar-refractivity contribution is 5.21. The molecule has 0 unspecified atom stereocenters. The predicted molar refractivity (Wildman–Crippen MR) is 66.7 cm³/mol. The SMILES string of the molecule is O[C@H]1C[C@@H](c2ccc(F)cc2)N(Cc2ccon2)C1. The van der Waals surface area contributed by atoms with E-state index in [1.165, 1.54) is 18.4 Å². The normalized spacial score (nSPS) is 23.9. The molecule has 0 aliphatic carbocycles. The van der Waals surface area contributed by atoms with E-state index in [0.29, 0.717) is 19.5 Å². The molecule has 0 saturated carbocycles. The molecule has 1 aromatic carbocycles. The van der Waals surface area contributed by atoms with Gasteiger partial charge in [-0.15, -0.1) is 0 Å². The third-order valence-corrected chi connectivity index (χ3v) is 3.49. The van der Waals surface area contributed by atoms with E-state index in [-0.39, 0.29) is 18.0 Å². The van der Waals surface area contributed by atoms with Crippen LogP contribution in [-0.2, 0) is 6.54 Å². The van der Waals surface area contributed by atoms with Crippen LogP contribution in [0.4, 0.5) is 4.39 Å². The highest BCUT2D eigenvalue weighted by Crippen LogP contribution is 2.33. The molecule has 1 saturated heterocycles. The molecular formula is C14H15FN2O2. The molecule has 0 amide bonds. The molecular weight excluding hydrogens is 247 g/mol. The summed E-state index contributed by atoms with van der Waals surface area (Å²) in [6.07, 6.45) is 1.83. The van der Waals surface area contributed by atoms with Crippen molar-refractivity contribution in [2.75, 3.05) is 6.54 Å². The predicted octanol–water partition coefficient (Wildman–Crippen LogP) is 2.12. The van der Waals surface area contributed by atoms with E-state index in [2.05, 4.69) is 10.1 Å². The first-order chi connectivity index (χ1) is 9.22. The fourth-order valence-corrected chi connectivity index (χ4v) is 2.61. The summed E-state index contributed by atoms with van der Waals surface area (Å²) in [6, 6.07) is 8.35. The molecule has 2 heterocycles. The fourth-order valence-electron chi connectivity index (χ4n) is 2.61. The molecule has 0 bridgehead atoms. The third-order valence-electron chi connectivity index (χ3n) is 3.49. The Labute approximate surface area is 110 Å². The summed E-state index contributed by atoms with van der Waals surface area (Å²) < 4.78 is 17.8. The lowest BCUT2D eigenvalue weighted by Gasteiger charge is -2.23. The van der Waals surface area contributed by atoms with Crippen molar-refractivity contribution >= 4 is 0 Å². The number of rotatable bonds is 3. The van der Waals surface area contributed by atoms with E-state index in [0.717, 1.165) is 11.3 Å². The number of nitrogens with zero attached hydrogens (tertiary/aromatic N) is 2. The van der Waals surface area contributed by atoms with Crippen LogP contribution >= 0.6 is 0 Å². The molecule has 3 rings (SSSR count). The van der Waals surface area contributed by atoms with Crippen molar-refractivity contribution in [1.29, 1.82) is 0 Å². The standard InChI is InChI=1S/C14H15FN2O2/c15-11-3-1-10(2-4-11)14-7-13(18)9-17(14)8-12-5-6-19-16-12/h1-6,13-14,18H,7-9H2/t13-,14-/m0/s1. The minimum absolute atomic E-state index is 0.0901. The second-order valence-electron chi connectivity index (χ2n) is 4.88. The first kappa shape index (κ1) is 12.3. The molecule has 2 atom stereocenters. The van der Waals surface area contributed by atoms with Crippen LogP contribution in [-0.4, -0.2) is 27.8 Å². The Bertz CT molecular complexity index is 527. The van der Waals surface area contributed by atoms with Gasteiger partial charge in [0.05, 0.1) is 11.8 Å². The van der Waals surface area contributed by atoms with Crippen molar-refractivity contribution < 1.29 is 14.0 Å². The van der Waals surface area contributed by atoms with Crippen molar-refractivity contribution in [3.05, 3.63) is 53.7 Å². The lowest BCUT2D eigenvalue weighted by molar-refractivity contribution is 0.171. The first-order valence-corrected chi connectivity index (χ1v) is 6.29. The summed E-state index contributed by atoms with van der Waals surface area (Å²) in [5.74, 6) is -0.245. The van der Waals surface area contributed by atoms with Crippen LogP contribution in [0.3, 0.4) is 0 Å². The zero-order chi connectivity index (χ0) is 13.2. The van der Waals surface area contributed by atoms with E-state index in [4.69, 9.17) is 4.52 Å². The number of aromatic nitrogens is 1. The smallest absolute Gasteiger partial charge is 0.124 e. The Morgan fingerprint density at radius 2 is 2.11 bits per heavy atom. The number of hydrogen-bond donors (Lipinski definition) is 1. The second kappa shape index (κ2) is 5.11. The molecule has 100 valence electrons. The summed E-state index contributed by atoms with van der Waals surface area (Å²) in [4.78, 5) is 2.13. The van der Waals surface area contributed by atoms with Crippen LogP contribution in [0, 0.1) is 5.82 Å². The van der Waals surface area contributed by atoms with Gasteiger partial charge in [0, 0.05) is 25.2 Å². The maximum atomic E-state index is 13.0. The van der Waals surface area contributed by atoms with E-state index in [9.17, 15) is 9.50 Å². The molecule has 19 heavy (non-hydrogen) atoms. The molecule has 1 aliphatic rings. The van der Waals surface area contributed by atoms with Crippen LogP contribution < -0.4 is 0 Å². The quantitative estimate of drug-likeness (QED) is 0.920. The number of β-amino-alcohol motifs (C(OH)–C–C–N with tert-alkyl or cyclic N) is 1. The third kappa shape index (κ3) is 2.67. The van der Waals surface area contributed by atoms with Gasteiger partial charge in [-0.05, 0) is 24.1 Å². The van der Waals surface area contributed by atoms with Crippen LogP contribution in [0.1, 0.15) is 23.7 Å². The molecule has 1 aromatic heterocycles. The summed E-state index contributed by atoms with van der Waals surface area (Å²) in [6.45, 7) is 1.21. The zero-order valence-corrected chi connectivity index (χ0v) is 10.4. The van der Waals surface area contributed by atoms with Crippen LogP contribution in [0.25, 0.3) is 0 Å². The van der Waals surface area contributed by atoms with Crippen molar-refractivity contribution in [3.63, 3.8) is 0 Å². The Morgan fingerprint density at radius 1 is 1.32 bits per heavy atom. The molecule has 1 N–H and O–H groups in total. The molecule has 0 spiro atoms. The van der Waals surface area contributed by atoms with Crippen molar-refractivity contribution in [3.8, 4) is 0 Å². The average molecular weight is 262 g/mol. The van der Waals surface area contributed by atoms with Gasteiger partial charge >= 0.3 is 0 Å². The molecule has 1 fully saturated rings. The summed E-state index contributed by atoms with van der Waals surface area (Å²) in [5.41, 5.74) is 1.85. The number of likely N-dealkylation sites (tertiary alicyclic amines) is 1. The topological polar surface area (TPSA) is 49.5 Å². The summed E-state index contributed by atoms with van der Waals surface area (Å²) >= 11 is 0. The number of hydrogen-bond acceptors (Lipinski definition) is 4. The van der Waals surface area contributed by atoms with Crippen molar-refractivity contribution in [2.45, 2.75) is 25.1 Å². The highest BCUT2D eigenvalue weighted by Gasteiger charge is 2.32. The van der Waals surface area contributed by atoms with Crippen molar-refractivity contribution in [2.24, 2.45) is 0 Å². The fraction of sp³-hybridized carbons (Fsp3) is 0.357. The first-order valence-electron chi connectivity index (χ1n) is 6.29. The zero-order valence-electron chi connectivity index (χ0n) is 10.4. The number of benzene rings is 1. The lowest BCUT2D eigenvalue weighted by Crippen LogP contribution is -2.24. The van der Waals surface area contributed by atoms with Gasteiger partial charge < -0.3 is 9.63 Å². The molecule has 4 nitrogen and oxygen atoms in total. The molecule has 5 heteroatoms. The summed E-state index contributed by atoms with van der Waals surface area (Å²) in [7, 11) is 0. The van der Waals surface area contributed by atoms with Gasteiger partial charge in [0.2, 0.25) is 0 Å². The Kier molecular flexibility index (Phi) is 3.31. The second-order valence-corrected chi connectivity index (χ2v) is 4.88. The van der Waals surface area contributed by atoms with Crippen LogP contribution in [0.2, 0.25) is 0 Å². The molecule has 0 radical (unpaired) electrons. The van der Waals surface area contributed by atoms with Gasteiger partial charge in [-0.25, -0.2) is 4.39 Å². The van der Waals surface area contributed by atoms with Gasteiger partial charge in [-0.1, -0.05) is 17.3 Å². The monoisotopic (exact) mass is 262 g/mol. The van der Waals surface area contributed by atoms with E-state index < -0.39 is 0 Å². The van der Waals surface area contributed by atoms with Gasteiger partial charge in [0.25, 0.3) is 0 Å². The number of aliphatic hydroxyl groups is 1. The van der Waals surface area contributed by atoms with Crippen molar-refractivity contribution in [1.82, 2.24) is 10.1 Å². The van der Waals surface area contributed by atoms with Gasteiger partial charge in [0.1, 0.15) is 12.1 Å². The highest BCUT2D eigenvalue weighted by atomic mass is 19.1. The molecule has 2 aromatic rings. The Hall–Kier alpha value is -1.72. The van der Waals surface area contributed by atoms with E-state index >= 15 is 0 Å². The van der Waals surface area contributed by atoms with Crippen LogP contribution in [0.5, 0.6) is 0 Å². The lowest BCUT2D eigenvalue weighted by atomic mass is 10.0. The Morgan fingerprint density at radius 3 is 2.79 bits per heavy atom. The number of halogens is 1. The Balaban J connectivity index is 1.80. The largest absolute Gasteiger partial charge is 0.392 e. The van der Waals surface area contributed by atoms with Gasteiger partial charge in [-0.2, -0.15) is 0 Å². The minimum atomic E-state index is -0.359. The molecule has 1 aliphatic heterocycles. The van der Waals surface area contributed by atoms with Crippen LogP contribution in [0.15, 0.2) is 41.1 Å². The van der Waals surface area contributed by atoms with E-state index in [1.54, 1.807) is 12.1 Å². The number of aliphatic hydroxyl groups excluding tert-OH is 1. The maximum absolute atomic E-state index is 13.0. The maximum Gasteiger partial charge on any atom is 0.124 e. The average Bonchev–Trinajstić information content (AvgIpc) is 3.01. The van der Waals surface area contributed by atoms with E-state index in [1.807, 2.05) is 6.07 Å². The van der Waals surface area contributed by atoms with Gasteiger partial charge in [-0.3, -0.25) is 4.90 Å². The summed E-state index contributed by atoms with van der Waals surface area (Å²) in [5, 5.41) is 13.7.